The van der Waals surface area contributed by atoms with Gasteiger partial charge in [0.25, 0.3) is 0 Å². The number of fused-ring (bicyclic) bond motifs is 2. The van der Waals surface area contributed by atoms with Gasteiger partial charge in [0, 0.05) is 48.9 Å². The molecule has 0 saturated heterocycles. The summed E-state index contributed by atoms with van der Waals surface area (Å²) in [4.78, 5) is 0. The molecular weight excluding hydrogens is 572 g/mol. The first-order valence-corrected chi connectivity index (χ1v) is 13.9. The molecule has 0 fully saturated rings. The van der Waals surface area contributed by atoms with Crippen LogP contribution in [0.4, 0.5) is 0 Å². The Morgan fingerprint density at radius 1 is 0.500 bits per heavy atom. The average molecular weight is 615 g/mol. The molecule has 2 aromatic heterocycles. The van der Waals surface area contributed by atoms with Crippen molar-refractivity contribution in [2.24, 2.45) is 0 Å². The summed E-state index contributed by atoms with van der Waals surface area (Å²) in [7, 11) is 0. The van der Waals surface area contributed by atoms with Crippen LogP contribution < -0.4 is 43.1 Å². The van der Waals surface area contributed by atoms with E-state index in [1.165, 1.54) is 114 Å². The molecule has 0 N–H and O–H groups in total. The number of benzene rings is 1. The largest absolute Gasteiger partial charge is 1.00 e. The van der Waals surface area contributed by atoms with E-state index in [0.29, 0.717) is 0 Å². The molecule has 1 aromatic carbocycles. The predicted molar refractivity (Wildman–Crippen MR) is 139 cm³/mol. The third kappa shape index (κ3) is 7.74. The molecule has 2 aliphatic rings. The van der Waals surface area contributed by atoms with Crippen molar-refractivity contribution in [1.82, 2.24) is 0 Å². The number of nitrogens with zero attached hydrogens (tertiary/aromatic N) is 2. The Balaban J connectivity index is 0.00000180. The molecule has 4 heteroatoms. The zero-order chi connectivity index (χ0) is 23.0. The van der Waals surface area contributed by atoms with Gasteiger partial charge in [-0.2, -0.15) is 0 Å². The quantitative estimate of drug-likeness (QED) is 0.226. The van der Waals surface area contributed by atoms with Crippen LogP contribution in [0.15, 0.2) is 60.9 Å². The van der Waals surface area contributed by atoms with Crippen molar-refractivity contribution < 1.29 is 43.1 Å². The van der Waals surface area contributed by atoms with Gasteiger partial charge in [-0.05, 0) is 87.5 Å². The summed E-state index contributed by atoms with van der Waals surface area (Å²) in [6.45, 7) is 2.34. The van der Waals surface area contributed by atoms with Crippen LogP contribution in [0.5, 0.6) is 0 Å². The lowest BCUT2D eigenvalue weighted by molar-refractivity contribution is -0.705. The summed E-state index contributed by atoms with van der Waals surface area (Å²) in [5.41, 5.74) is 9.37. The van der Waals surface area contributed by atoms with Gasteiger partial charge in [0.2, 0.25) is 0 Å². The maximum absolute atomic E-state index is 2.53. The molecule has 0 amide bonds. The molecule has 0 unspecified atom stereocenters. The van der Waals surface area contributed by atoms with Crippen LogP contribution >= 0.6 is 0 Å². The molecule has 0 spiro atoms. The lowest BCUT2D eigenvalue weighted by Gasteiger charge is -2.14. The molecule has 194 valence electrons. The van der Waals surface area contributed by atoms with Crippen LogP contribution in [0.3, 0.4) is 0 Å². The Bertz CT molecular complexity index is 992. The molecule has 0 radical (unpaired) electrons. The van der Waals surface area contributed by atoms with E-state index in [2.05, 4.69) is 70.1 Å². The highest BCUT2D eigenvalue weighted by atomic mass is 79.9. The van der Waals surface area contributed by atoms with E-state index in [1.54, 1.807) is 22.5 Å². The molecule has 0 atom stereocenters. The molecule has 2 aliphatic carbocycles. The summed E-state index contributed by atoms with van der Waals surface area (Å²) in [5.74, 6) is 0. The predicted octanol–water partition coefficient (Wildman–Crippen LogP) is 0.0730. The third-order valence-corrected chi connectivity index (χ3v) is 8.03. The average Bonchev–Trinajstić information content (AvgIpc) is 2.90. The number of aryl methyl sites for hydroxylation is 6. The van der Waals surface area contributed by atoms with Crippen LogP contribution in [0.1, 0.15) is 85.0 Å². The Morgan fingerprint density at radius 3 is 1.36 bits per heavy atom. The molecular formula is C32H42Br2N2. The van der Waals surface area contributed by atoms with E-state index in [4.69, 9.17) is 0 Å². The van der Waals surface area contributed by atoms with Crippen LogP contribution in [-0.4, -0.2) is 0 Å². The van der Waals surface area contributed by atoms with Gasteiger partial charge in [-0.3, -0.25) is 0 Å². The topological polar surface area (TPSA) is 7.76 Å². The molecule has 0 aliphatic heterocycles. The highest BCUT2D eigenvalue weighted by Gasteiger charge is 2.20. The maximum atomic E-state index is 2.53. The van der Waals surface area contributed by atoms with Crippen molar-refractivity contribution in [2.75, 3.05) is 0 Å². The zero-order valence-electron chi connectivity index (χ0n) is 21.7. The van der Waals surface area contributed by atoms with Crippen molar-refractivity contribution >= 4 is 0 Å². The summed E-state index contributed by atoms with van der Waals surface area (Å²) in [6.07, 6.45) is 22.6. The van der Waals surface area contributed by atoms with E-state index in [0.717, 1.165) is 0 Å². The van der Waals surface area contributed by atoms with Gasteiger partial charge in [-0.1, -0.05) is 24.3 Å². The van der Waals surface area contributed by atoms with E-state index in [1.807, 2.05) is 0 Å². The minimum atomic E-state index is 0. The minimum absolute atomic E-state index is 0. The van der Waals surface area contributed by atoms with Gasteiger partial charge in [0.05, 0.1) is 0 Å². The monoisotopic (exact) mass is 612 g/mol. The van der Waals surface area contributed by atoms with E-state index in [-0.39, 0.29) is 34.0 Å². The van der Waals surface area contributed by atoms with Gasteiger partial charge in [-0.15, -0.1) is 0 Å². The summed E-state index contributed by atoms with van der Waals surface area (Å²) in [6, 6.07) is 18.6. The van der Waals surface area contributed by atoms with Crippen LogP contribution in [-0.2, 0) is 51.6 Å². The Kier molecular flexibility index (Phi) is 12.1. The summed E-state index contributed by atoms with van der Waals surface area (Å²) in [5, 5.41) is 0. The van der Waals surface area contributed by atoms with Gasteiger partial charge in [0.1, 0.15) is 13.1 Å². The number of rotatable bonds is 10. The maximum Gasteiger partial charge on any atom is 0.184 e. The standard InChI is InChI=1S/C32H42N2.2BrH/c1-3-17-31-29(13-1)15-9-25-33(31)23-7-5-11-27-19-21-28(22-20-27)12-6-8-24-34-26-10-16-30-14-2-4-18-32(30)34;;/h9-10,15-16,19-22,25-26H,1-8,11-14,17-18,23-24H2;2*1H/q+2;;/p-2. The van der Waals surface area contributed by atoms with Crippen molar-refractivity contribution in [3.63, 3.8) is 0 Å². The highest BCUT2D eigenvalue weighted by Crippen LogP contribution is 2.19. The molecule has 5 rings (SSSR count). The van der Waals surface area contributed by atoms with Crippen molar-refractivity contribution in [1.29, 1.82) is 0 Å². The van der Waals surface area contributed by atoms with E-state index >= 15 is 0 Å². The number of aromatic nitrogens is 2. The van der Waals surface area contributed by atoms with E-state index in [9.17, 15) is 0 Å². The number of halogens is 2. The number of hydrogen-bond acceptors (Lipinski definition) is 0. The zero-order valence-corrected chi connectivity index (χ0v) is 24.9. The molecule has 2 nitrogen and oxygen atoms in total. The number of unbranched alkanes of at least 4 members (excludes halogenated alkanes) is 2. The van der Waals surface area contributed by atoms with Crippen molar-refractivity contribution in [3.8, 4) is 0 Å². The van der Waals surface area contributed by atoms with Gasteiger partial charge in [-0.25, -0.2) is 9.13 Å². The van der Waals surface area contributed by atoms with Crippen LogP contribution in [0.25, 0.3) is 0 Å². The SMILES string of the molecule is [Br-].[Br-].c1cc2c([n+](CCCCc3ccc(CCCC[n+]4cccc5c4CCCC5)cc3)c1)CCCC2. The molecule has 0 saturated carbocycles. The van der Waals surface area contributed by atoms with Crippen molar-refractivity contribution in [2.45, 2.75) is 103 Å². The van der Waals surface area contributed by atoms with Crippen LogP contribution in [0, 0.1) is 0 Å². The molecule has 3 aromatic rings. The van der Waals surface area contributed by atoms with E-state index < -0.39 is 0 Å². The normalized spacial score (nSPS) is 14.2. The van der Waals surface area contributed by atoms with Crippen molar-refractivity contribution in [3.05, 3.63) is 94.6 Å². The second kappa shape index (κ2) is 15.0. The highest BCUT2D eigenvalue weighted by molar-refractivity contribution is 5.23. The van der Waals surface area contributed by atoms with Gasteiger partial charge >= 0.3 is 0 Å². The summed E-state index contributed by atoms with van der Waals surface area (Å²) >= 11 is 0. The lowest BCUT2D eigenvalue weighted by atomic mass is 9.95. The smallest absolute Gasteiger partial charge is 0.184 e. The van der Waals surface area contributed by atoms with Crippen LogP contribution in [0.2, 0.25) is 0 Å². The fourth-order valence-electron chi connectivity index (χ4n) is 6.06. The molecule has 0 bridgehead atoms. The number of hydrogen-bond donors (Lipinski definition) is 0. The first-order chi connectivity index (χ1) is 16.9. The lowest BCUT2D eigenvalue weighted by Crippen LogP contribution is -3.00. The summed E-state index contributed by atoms with van der Waals surface area (Å²) < 4.78 is 5.06. The number of pyridine rings is 2. The van der Waals surface area contributed by atoms with Gasteiger partial charge in [0.15, 0.2) is 23.8 Å². The fraction of sp³-hybridized carbons (Fsp3) is 0.500. The van der Waals surface area contributed by atoms with Gasteiger partial charge < -0.3 is 34.0 Å². The second-order valence-electron chi connectivity index (χ2n) is 10.5. The molecule has 2 heterocycles. The first kappa shape index (κ1) is 29.0. The second-order valence-corrected chi connectivity index (χ2v) is 10.5. The first-order valence-electron chi connectivity index (χ1n) is 13.9. The third-order valence-electron chi connectivity index (χ3n) is 8.03. The molecule has 36 heavy (non-hydrogen) atoms. The Labute approximate surface area is 239 Å². The Morgan fingerprint density at radius 2 is 0.917 bits per heavy atom. The Hall–Kier alpha value is -1.52. The fourth-order valence-corrected chi connectivity index (χ4v) is 6.06. The minimum Gasteiger partial charge on any atom is -1.00 e.